The summed E-state index contributed by atoms with van der Waals surface area (Å²) in [7, 11) is 2.16. The zero-order chi connectivity index (χ0) is 20.6. The predicted octanol–water partition coefficient (Wildman–Crippen LogP) is 3.38. The number of likely N-dealkylation sites (tertiary alicyclic amines) is 1. The normalized spacial score (nSPS) is 24.3. The molecule has 0 aromatic rings. The second-order valence-electron chi connectivity index (χ2n) is 8.38. The van der Waals surface area contributed by atoms with Gasteiger partial charge in [0.05, 0.1) is 0 Å². The molecule has 3 N–H and O–H groups in total. The third-order valence-corrected chi connectivity index (χ3v) is 6.13. The van der Waals surface area contributed by atoms with E-state index in [1.807, 2.05) is 19.1 Å². The molecule has 0 aliphatic carbocycles. The first kappa shape index (κ1) is 22.7. The van der Waals surface area contributed by atoms with Crippen molar-refractivity contribution in [3.8, 4) is 0 Å². The Kier molecular flexibility index (Phi) is 8.77. The van der Waals surface area contributed by atoms with Crippen molar-refractivity contribution in [2.75, 3.05) is 33.2 Å². The van der Waals surface area contributed by atoms with E-state index in [4.69, 9.17) is 10.5 Å². The van der Waals surface area contributed by atoms with E-state index in [1.165, 1.54) is 0 Å². The number of ether oxygens (including phenoxy) is 1. The van der Waals surface area contributed by atoms with Crippen molar-refractivity contribution < 1.29 is 9.53 Å². The van der Waals surface area contributed by atoms with Gasteiger partial charge < -0.3 is 20.7 Å². The molecule has 158 valence electrons. The van der Waals surface area contributed by atoms with Crippen molar-refractivity contribution in [2.45, 2.75) is 58.5 Å². The molecule has 1 fully saturated rings. The molecular formula is C23H39N3O2. The monoisotopic (exact) mass is 389 g/mol. The van der Waals surface area contributed by atoms with Crippen LogP contribution in [0.4, 0.5) is 0 Å². The Morgan fingerprint density at radius 3 is 2.75 bits per heavy atom. The lowest BCUT2D eigenvalue weighted by Gasteiger charge is -2.41. The van der Waals surface area contributed by atoms with Gasteiger partial charge in [-0.1, -0.05) is 32.4 Å². The second-order valence-corrected chi connectivity index (χ2v) is 8.38. The molecule has 1 spiro atoms. The van der Waals surface area contributed by atoms with Crippen LogP contribution in [0.2, 0.25) is 0 Å². The Morgan fingerprint density at radius 2 is 2.14 bits per heavy atom. The number of carbonyl (C=O) groups excluding carboxylic acids is 1. The molecule has 2 heterocycles. The van der Waals surface area contributed by atoms with E-state index in [1.54, 1.807) is 0 Å². The number of piperidine rings is 1. The maximum absolute atomic E-state index is 12.6. The van der Waals surface area contributed by atoms with E-state index in [2.05, 4.69) is 43.3 Å². The van der Waals surface area contributed by atoms with Crippen LogP contribution in [-0.2, 0) is 9.53 Å². The van der Waals surface area contributed by atoms with Crippen LogP contribution >= 0.6 is 0 Å². The first-order chi connectivity index (χ1) is 13.4. The SMILES string of the molecule is C/C=C1/OC2(C=C/C1=C/CNC(=O)C(CCN)CC(C)CC)CCN(C)CC2. The number of hydrogen-bond donors (Lipinski definition) is 2. The van der Waals surface area contributed by atoms with Crippen LogP contribution in [0.5, 0.6) is 0 Å². The smallest absolute Gasteiger partial charge is 0.223 e. The summed E-state index contributed by atoms with van der Waals surface area (Å²) in [4.78, 5) is 14.9. The molecule has 1 saturated heterocycles. The summed E-state index contributed by atoms with van der Waals surface area (Å²) < 4.78 is 6.39. The minimum atomic E-state index is -0.169. The van der Waals surface area contributed by atoms with Crippen molar-refractivity contribution in [2.24, 2.45) is 17.6 Å². The zero-order valence-electron chi connectivity index (χ0n) is 18.2. The molecule has 2 rings (SSSR count). The summed E-state index contributed by atoms with van der Waals surface area (Å²) in [6.07, 6.45) is 13.2. The highest BCUT2D eigenvalue weighted by molar-refractivity contribution is 5.78. The molecular weight excluding hydrogens is 350 g/mol. The highest BCUT2D eigenvalue weighted by Gasteiger charge is 2.36. The number of allylic oxidation sites excluding steroid dienone is 2. The molecule has 2 aliphatic heterocycles. The Labute approximate surface area is 171 Å². The van der Waals surface area contributed by atoms with Crippen molar-refractivity contribution in [1.29, 1.82) is 0 Å². The van der Waals surface area contributed by atoms with Gasteiger partial charge in [0.1, 0.15) is 11.4 Å². The van der Waals surface area contributed by atoms with Gasteiger partial charge in [-0.15, -0.1) is 0 Å². The molecule has 0 aromatic heterocycles. The molecule has 0 aromatic carbocycles. The number of carbonyl (C=O) groups is 1. The van der Waals surface area contributed by atoms with E-state index in [9.17, 15) is 4.79 Å². The highest BCUT2D eigenvalue weighted by atomic mass is 16.5. The Morgan fingerprint density at radius 1 is 1.43 bits per heavy atom. The van der Waals surface area contributed by atoms with Crippen LogP contribution in [0.15, 0.2) is 35.6 Å². The second kappa shape index (κ2) is 10.8. The summed E-state index contributed by atoms with van der Waals surface area (Å²) in [5, 5.41) is 3.07. The van der Waals surface area contributed by atoms with E-state index >= 15 is 0 Å². The molecule has 0 bridgehead atoms. The Bertz CT molecular complexity index is 601. The molecule has 1 amide bonds. The predicted molar refractivity (Wildman–Crippen MR) is 116 cm³/mol. The quantitative estimate of drug-likeness (QED) is 0.668. The summed E-state index contributed by atoms with van der Waals surface area (Å²) in [5.74, 6) is 1.56. The van der Waals surface area contributed by atoms with Gasteiger partial charge in [-0.05, 0) is 51.4 Å². The third kappa shape index (κ3) is 6.21. The standard InChI is InChI=1S/C23H39N3O2/c1-5-18(3)17-20(8-13-24)22(27)25-14-9-19-7-10-23(28-21(19)6-2)11-15-26(4)16-12-23/h6-7,9-10,18,20H,5,8,11-17,24H2,1-4H3,(H,25,27)/b19-9-,21-6+. The lowest BCUT2D eigenvalue weighted by atomic mass is 9.88. The third-order valence-electron chi connectivity index (χ3n) is 6.13. The minimum Gasteiger partial charge on any atom is -0.483 e. The molecule has 5 nitrogen and oxygen atoms in total. The van der Waals surface area contributed by atoms with Crippen molar-refractivity contribution in [1.82, 2.24) is 10.2 Å². The number of nitrogens with zero attached hydrogens (tertiary/aromatic N) is 1. The summed E-state index contributed by atoms with van der Waals surface area (Å²) in [5.41, 5.74) is 6.59. The zero-order valence-corrected chi connectivity index (χ0v) is 18.2. The van der Waals surface area contributed by atoms with Gasteiger partial charge in [0.2, 0.25) is 5.91 Å². The summed E-state index contributed by atoms with van der Waals surface area (Å²) in [6, 6.07) is 0. The topological polar surface area (TPSA) is 67.6 Å². The van der Waals surface area contributed by atoms with Gasteiger partial charge in [0.25, 0.3) is 0 Å². The lowest BCUT2D eigenvalue weighted by molar-refractivity contribution is -0.125. The number of rotatable bonds is 8. The number of nitrogens with two attached hydrogens (primary N) is 1. The maximum atomic E-state index is 12.6. The molecule has 2 atom stereocenters. The van der Waals surface area contributed by atoms with E-state index in [-0.39, 0.29) is 17.4 Å². The van der Waals surface area contributed by atoms with E-state index in [0.717, 1.165) is 56.5 Å². The fourth-order valence-corrected chi connectivity index (χ4v) is 3.91. The van der Waals surface area contributed by atoms with Crippen molar-refractivity contribution in [3.05, 3.63) is 35.6 Å². The van der Waals surface area contributed by atoms with Crippen LogP contribution < -0.4 is 11.1 Å². The van der Waals surface area contributed by atoms with Crippen LogP contribution in [0, 0.1) is 11.8 Å². The molecule has 2 aliphatic rings. The van der Waals surface area contributed by atoms with Crippen molar-refractivity contribution >= 4 is 5.91 Å². The lowest BCUT2D eigenvalue weighted by Crippen LogP contribution is -2.44. The van der Waals surface area contributed by atoms with Crippen LogP contribution in [0.3, 0.4) is 0 Å². The molecule has 0 saturated carbocycles. The fraction of sp³-hybridized carbons (Fsp3) is 0.696. The fourth-order valence-electron chi connectivity index (χ4n) is 3.91. The van der Waals surface area contributed by atoms with Crippen molar-refractivity contribution in [3.63, 3.8) is 0 Å². The summed E-state index contributed by atoms with van der Waals surface area (Å²) >= 11 is 0. The first-order valence-electron chi connectivity index (χ1n) is 10.8. The van der Waals surface area contributed by atoms with Gasteiger partial charge in [0.15, 0.2) is 0 Å². The van der Waals surface area contributed by atoms with Gasteiger partial charge in [-0.25, -0.2) is 0 Å². The molecule has 28 heavy (non-hydrogen) atoms. The summed E-state index contributed by atoms with van der Waals surface area (Å²) in [6.45, 7) is 9.53. The molecule has 0 radical (unpaired) electrons. The number of amides is 1. The van der Waals surface area contributed by atoms with Crippen LogP contribution in [0.25, 0.3) is 0 Å². The van der Waals surface area contributed by atoms with E-state index < -0.39 is 0 Å². The van der Waals surface area contributed by atoms with Gasteiger partial charge in [-0.2, -0.15) is 0 Å². The van der Waals surface area contributed by atoms with Crippen LogP contribution in [0.1, 0.15) is 52.9 Å². The first-order valence-corrected chi connectivity index (χ1v) is 10.8. The number of hydrogen-bond acceptors (Lipinski definition) is 4. The average Bonchev–Trinajstić information content (AvgIpc) is 2.70. The largest absolute Gasteiger partial charge is 0.483 e. The van der Waals surface area contributed by atoms with Gasteiger partial charge in [-0.3, -0.25) is 4.79 Å². The number of nitrogens with one attached hydrogen (secondary N) is 1. The van der Waals surface area contributed by atoms with Gasteiger partial charge >= 0.3 is 0 Å². The minimum absolute atomic E-state index is 0.000170. The Hall–Kier alpha value is -1.59. The average molecular weight is 390 g/mol. The molecule has 2 unspecified atom stereocenters. The Balaban J connectivity index is 1.96. The highest BCUT2D eigenvalue weighted by Crippen LogP contribution is 2.36. The molecule has 5 heteroatoms. The maximum Gasteiger partial charge on any atom is 0.223 e. The van der Waals surface area contributed by atoms with E-state index in [0.29, 0.717) is 19.0 Å². The van der Waals surface area contributed by atoms with Crippen LogP contribution in [-0.4, -0.2) is 49.6 Å². The van der Waals surface area contributed by atoms with Gasteiger partial charge in [0, 0.05) is 44.0 Å².